The van der Waals surface area contributed by atoms with Gasteiger partial charge in [-0.15, -0.1) is 0 Å². The molecule has 0 aromatic carbocycles. The second-order valence-electron chi connectivity index (χ2n) is 5.29. The highest BCUT2D eigenvalue weighted by Gasteiger charge is 2.30. The second kappa shape index (κ2) is 4.58. The molecular formula is C13H23N3. The number of hydrogen-bond donors (Lipinski definition) is 1. The van der Waals surface area contributed by atoms with Gasteiger partial charge in [0.05, 0.1) is 5.69 Å². The van der Waals surface area contributed by atoms with E-state index in [9.17, 15) is 0 Å². The molecule has 0 spiro atoms. The molecule has 4 unspecified atom stereocenters. The first-order valence-electron chi connectivity index (χ1n) is 6.33. The van der Waals surface area contributed by atoms with Gasteiger partial charge in [-0.3, -0.25) is 4.68 Å². The molecule has 3 nitrogen and oxygen atoms in total. The van der Waals surface area contributed by atoms with Gasteiger partial charge in [0.15, 0.2) is 0 Å². The Morgan fingerprint density at radius 1 is 1.44 bits per heavy atom. The molecule has 4 atom stereocenters. The third-order valence-corrected chi connectivity index (χ3v) is 4.23. The summed E-state index contributed by atoms with van der Waals surface area (Å²) in [4.78, 5) is 0. The van der Waals surface area contributed by atoms with Crippen molar-refractivity contribution in [1.82, 2.24) is 15.1 Å². The minimum absolute atomic E-state index is 0.394. The zero-order chi connectivity index (χ0) is 11.7. The number of rotatable bonds is 3. The van der Waals surface area contributed by atoms with Crippen LogP contribution in [0.25, 0.3) is 0 Å². The zero-order valence-electron chi connectivity index (χ0n) is 10.8. The first-order valence-corrected chi connectivity index (χ1v) is 6.33. The van der Waals surface area contributed by atoms with E-state index in [-0.39, 0.29) is 0 Å². The normalized spacial score (nSPS) is 31.9. The second-order valence-corrected chi connectivity index (χ2v) is 5.29. The van der Waals surface area contributed by atoms with E-state index >= 15 is 0 Å². The van der Waals surface area contributed by atoms with Crippen LogP contribution in [0.1, 0.15) is 45.3 Å². The predicted octanol–water partition coefficient (Wildman–Crippen LogP) is 2.51. The molecule has 1 aliphatic carbocycles. The van der Waals surface area contributed by atoms with Crippen molar-refractivity contribution < 1.29 is 0 Å². The molecule has 0 aliphatic heterocycles. The molecule has 3 heteroatoms. The van der Waals surface area contributed by atoms with Crippen molar-refractivity contribution in [1.29, 1.82) is 0 Å². The van der Waals surface area contributed by atoms with Crippen molar-refractivity contribution in [2.75, 3.05) is 0 Å². The summed E-state index contributed by atoms with van der Waals surface area (Å²) < 4.78 is 1.96. The van der Waals surface area contributed by atoms with Gasteiger partial charge in [-0.25, -0.2) is 0 Å². The summed E-state index contributed by atoms with van der Waals surface area (Å²) in [6.07, 6.45) is 4.54. The number of hydrogen-bond acceptors (Lipinski definition) is 2. The summed E-state index contributed by atoms with van der Waals surface area (Å²) in [5.41, 5.74) is 1.27. The Hall–Kier alpha value is -0.830. The highest BCUT2D eigenvalue weighted by atomic mass is 15.3. The van der Waals surface area contributed by atoms with Crippen LogP contribution in [0.4, 0.5) is 0 Å². The molecule has 1 heterocycles. The lowest BCUT2D eigenvalue weighted by molar-refractivity contribution is 0.341. The van der Waals surface area contributed by atoms with Gasteiger partial charge in [-0.2, -0.15) is 5.10 Å². The van der Waals surface area contributed by atoms with Crippen LogP contribution in [-0.2, 0) is 7.05 Å². The van der Waals surface area contributed by atoms with Crippen LogP contribution in [0.2, 0.25) is 0 Å². The molecule has 2 rings (SSSR count). The van der Waals surface area contributed by atoms with Crippen LogP contribution in [0, 0.1) is 11.8 Å². The van der Waals surface area contributed by atoms with Gasteiger partial charge < -0.3 is 5.32 Å². The van der Waals surface area contributed by atoms with Crippen LogP contribution in [-0.4, -0.2) is 15.8 Å². The van der Waals surface area contributed by atoms with E-state index in [1.807, 2.05) is 17.9 Å². The monoisotopic (exact) mass is 221 g/mol. The van der Waals surface area contributed by atoms with Gasteiger partial charge in [0, 0.05) is 25.3 Å². The van der Waals surface area contributed by atoms with Crippen LogP contribution >= 0.6 is 0 Å². The van der Waals surface area contributed by atoms with E-state index in [1.165, 1.54) is 18.5 Å². The molecule has 16 heavy (non-hydrogen) atoms. The third-order valence-electron chi connectivity index (χ3n) is 4.23. The fraction of sp³-hybridized carbons (Fsp3) is 0.769. The molecule has 1 N–H and O–H groups in total. The van der Waals surface area contributed by atoms with Crippen LogP contribution in [0.15, 0.2) is 12.3 Å². The molecule has 0 bridgehead atoms. The van der Waals surface area contributed by atoms with Gasteiger partial charge in [0.1, 0.15) is 0 Å². The lowest BCUT2D eigenvalue weighted by Crippen LogP contribution is -2.35. The van der Waals surface area contributed by atoms with Crippen molar-refractivity contribution in [2.24, 2.45) is 18.9 Å². The minimum atomic E-state index is 0.394. The molecule has 90 valence electrons. The third kappa shape index (κ3) is 2.14. The minimum Gasteiger partial charge on any atom is -0.306 e. The van der Waals surface area contributed by atoms with Crippen molar-refractivity contribution in [3.63, 3.8) is 0 Å². The highest BCUT2D eigenvalue weighted by Crippen LogP contribution is 2.32. The first-order chi connectivity index (χ1) is 7.59. The highest BCUT2D eigenvalue weighted by molar-refractivity contribution is 5.06. The molecule has 1 saturated carbocycles. The van der Waals surface area contributed by atoms with E-state index in [0.29, 0.717) is 12.1 Å². The van der Waals surface area contributed by atoms with E-state index in [2.05, 4.69) is 37.3 Å². The summed E-state index contributed by atoms with van der Waals surface area (Å²) in [5, 5.41) is 7.96. The molecule has 1 aromatic rings. The van der Waals surface area contributed by atoms with Gasteiger partial charge >= 0.3 is 0 Å². The van der Waals surface area contributed by atoms with E-state index in [1.54, 1.807) is 0 Å². The number of aryl methyl sites for hydroxylation is 1. The van der Waals surface area contributed by atoms with Crippen LogP contribution < -0.4 is 5.32 Å². The number of nitrogens with one attached hydrogen (secondary N) is 1. The van der Waals surface area contributed by atoms with Crippen molar-refractivity contribution in [3.05, 3.63) is 18.0 Å². The van der Waals surface area contributed by atoms with Gasteiger partial charge in [0.25, 0.3) is 0 Å². The lowest BCUT2D eigenvalue weighted by atomic mass is 9.97. The topological polar surface area (TPSA) is 29.9 Å². The van der Waals surface area contributed by atoms with Gasteiger partial charge in [-0.1, -0.05) is 13.8 Å². The van der Waals surface area contributed by atoms with Crippen molar-refractivity contribution in [3.8, 4) is 0 Å². The Morgan fingerprint density at radius 3 is 2.69 bits per heavy atom. The smallest absolute Gasteiger partial charge is 0.0547 e. The molecular weight excluding hydrogens is 198 g/mol. The quantitative estimate of drug-likeness (QED) is 0.850. The van der Waals surface area contributed by atoms with Crippen LogP contribution in [0.3, 0.4) is 0 Å². The Kier molecular flexibility index (Phi) is 3.33. The van der Waals surface area contributed by atoms with Crippen LogP contribution in [0.5, 0.6) is 0 Å². The molecule has 0 saturated heterocycles. The van der Waals surface area contributed by atoms with Gasteiger partial charge in [0.2, 0.25) is 0 Å². The maximum absolute atomic E-state index is 4.22. The van der Waals surface area contributed by atoms with Crippen molar-refractivity contribution >= 4 is 0 Å². The average Bonchev–Trinajstić information content (AvgIpc) is 2.79. The fourth-order valence-electron chi connectivity index (χ4n) is 2.82. The Labute approximate surface area is 98.2 Å². The molecule has 1 aromatic heterocycles. The fourth-order valence-corrected chi connectivity index (χ4v) is 2.82. The average molecular weight is 221 g/mol. The largest absolute Gasteiger partial charge is 0.306 e. The first kappa shape index (κ1) is 11.6. The maximum atomic E-state index is 4.22. The van der Waals surface area contributed by atoms with E-state index in [0.717, 1.165) is 11.8 Å². The summed E-state index contributed by atoms with van der Waals surface area (Å²) in [7, 11) is 2.01. The summed E-state index contributed by atoms with van der Waals surface area (Å²) >= 11 is 0. The number of aromatic nitrogens is 2. The molecule has 0 amide bonds. The van der Waals surface area contributed by atoms with Crippen molar-refractivity contribution in [2.45, 2.75) is 45.7 Å². The summed E-state index contributed by atoms with van der Waals surface area (Å²) in [6.45, 7) is 6.96. The SMILES string of the molecule is CC(NC1CCC(C)C1C)c1ccnn1C. The molecule has 0 radical (unpaired) electrons. The predicted molar refractivity (Wildman–Crippen MR) is 66.1 cm³/mol. The van der Waals surface area contributed by atoms with E-state index < -0.39 is 0 Å². The standard InChI is InChI=1S/C13H23N3/c1-9-5-6-12(10(9)2)15-11(3)13-7-8-14-16(13)4/h7-12,15H,5-6H2,1-4H3. The molecule has 1 aliphatic rings. The van der Waals surface area contributed by atoms with E-state index in [4.69, 9.17) is 0 Å². The Morgan fingerprint density at radius 2 is 2.19 bits per heavy atom. The zero-order valence-corrected chi connectivity index (χ0v) is 10.8. The maximum Gasteiger partial charge on any atom is 0.0547 e. The number of nitrogens with zero attached hydrogens (tertiary/aromatic N) is 2. The lowest BCUT2D eigenvalue weighted by Gasteiger charge is -2.24. The van der Waals surface area contributed by atoms with Gasteiger partial charge in [-0.05, 0) is 37.7 Å². The Bertz CT molecular complexity index is 345. The summed E-state index contributed by atoms with van der Waals surface area (Å²) in [6, 6.07) is 3.16. The Balaban J connectivity index is 1.98. The summed E-state index contributed by atoms with van der Waals surface area (Å²) in [5.74, 6) is 1.65. The molecule has 1 fully saturated rings.